The lowest BCUT2D eigenvalue weighted by molar-refractivity contribution is -0.248. The summed E-state index contributed by atoms with van der Waals surface area (Å²) in [6.07, 6.45) is 0. The second kappa shape index (κ2) is 3.13. The van der Waals surface area contributed by atoms with Crippen molar-refractivity contribution in [2.45, 2.75) is 5.92 Å². The van der Waals surface area contributed by atoms with E-state index in [1.54, 1.807) is 12.1 Å². The molecule has 0 radical (unpaired) electrons. The van der Waals surface area contributed by atoms with Crippen molar-refractivity contribution in [3.05, 3.63) is 29.8 Å². The van der Waals surface area contributed by atoms with Gasteiger partial charge in [-0.15, -0.1) is 0 Å². The van der Waals surface area contributed by atoms with Gasteiger partial charge < -0.3 is 5.11 Å². The first kappa shape index (κ1) is 7.58. The van der Waals surface area contributed by atoms with Gasteiger partial charge in [-0.25, -0.2) is 9.78 Å². The number of phenols is 1. The number of hydrogen-bond acceptors (Lipinski definition) is 3. The van der Waals surface area contributed by atoms with Crippen LogP contribution in [0.15, 0.2) is 24.3 Å². The smallest absolute Gasteiger partial charge is 0.119 e. The first-order chi connectivity index (χ1) is 5.88. The van der Waals surface area contributed by atoms with Crippen LogP contribution in [-0.2, 0) is 9.78 Å². The molecule has 1 aromatic rings. The summed E-state index contributed by atoms with van der Waals surface area (Å²) in [5.41, 5.74) is 0.898. The van der Waals surface area contributed by atoms with Gasteiger partial charge in [-0.1, -0.05) is 18.2 Å². The van der Waals surface area contributed by atoms with Crippen LogP contribution in [0.4, 0.5) is 0 Å². The molecule has 1 saturated heterocycles. The molecule has 3 heteroatoms. The van der Waals surface area contributed by atoms with Gasteiger partial charge in [-0.3, -0.25) is 0 Å². The van der Waals surface area contributed by atoms with E-state index in [1.807, 2.05) is 12.1 Å². The first-order valence-corrected chi connectivity index (χ1v) is 3.90. The first-order valence-electron chi connectivity index (χ1n) is 3.90. The summed E-state index contributed by atoms with van der Waals surface area (Å²) in [6, 6.07) is 7.26. The lowest BCUT2D eigenvalue weighted by Crippen LogP contribution is -2.00. The van der Waals surface area contributed by atoms with Crippen LogP contribution in [0, 0.1) is 0 Å². The number of benzene rings is 1. The summed E-state index contributed by atoms with van der Waals surface area (Å²) in [4.78, 5) is 9.51. The van der Waals surface area contributed by atoms with Crippen LogP contribution in [0.25, 0.3) is 0 Å². The molecule has 64 valence electrons. The maximum absolute atomic E-state index is 9.46. The van der Waals surface area contributed by atoms with Crippen LogP contribution in [0.3, 0.4) is 0 Å². The highest BCUT2D eigenvalue weighted by molar-refractivity contribution is 5.35. The number of aromatic hydroxyl groups is 1. The average molecular weight is 166 g/mol. The molecular formula is C9H10O3. The van der Waals surface area contributed by atoms with Gasteiger partial charge in [0.15, 0.2) is 0 Å². The molecule has 0 saturated carbocycles. The Morgan fingerprint density at radius 1 is 1.17 bits per heavy atom. The number of phenolic OH excluding ortho intramolecular Hbond substituents is 1. The normalized spacial score (nSPS) is 18.3. The van der Waals surface area contributed by atoms with Crippen molar-refractivity contribution in [2.24, 2.45) is 0 Å². The van der Waals surface area contributed by atoms with Crippen LogP contribution in [0.5, 0.6) is 5.75 Å². The van der Waals surface area contributed by atoms with Gasteiger partial charge >= 0.3 is 0 Å². The lowest BCUT2D eigenvalue weighted by Gasteiger charge is -2.06. The quantitative estimate of drug-likeness (QED) is 0.641. The minimum atomic E-state index is 0.172. The Morgan fingerprint density at radius 3 is 2.50 bits per heavy atom. The van der Waals surface area contributed by atoms with Crippen LogP contribution >= 0.6 is 0 Å². The Labute approximate surface area is 70.5 Å². The second-order valence-corrected chi connectivity index (χ2v) is 2.82. The topological polar surface area (TPSA) is 38.7 Å². The Hall–Kier alpha value is -1.06. The summed E-state index contributed by atoms with van der Waals surface area (Å²) in [5.74, 6) is 0.489. The van der Waals surface area contributed by atoms with Crippen molar-refractivity contribution in [3.8, 4) is 5.75 Å². The third kappa shape index (κ3) is 1.29. The minimum Gasteiger partial charge on any atom is -0.508 e. The van der Waals surface area contributed by atoms with Crippen LogP contribution < -0.4 is 0 Å². The number of para-hydroxylation sites is 1. The zero-order chi connectivity index (χ0) is 8.39. The molecule has 0 aromatic heterocycles. The number of rotatable bonds is 1. The summed E-state index contributed by atoms with van der Waals surface area (Å²) < 4.78 is 0. The van der Waals surface area contributed by atoms with Gasteiger partial charge in [0.05, 0.1) is 13.2 Å². The molecule has 2 rings (SSSR count). The molecule has 1 heterocycles. The molecule has 1 aliphatic heterocycles. The van der Waals surface area contributed by atoms with Crippen molar-refractivity contribution in [3.63, 3.8) is 0 Å². The van der Waals surface area contributed by atoms with E-state index in [9.17, 15) is 5.11 Å². The monoisotopic (exact) mass is 166 g/mol. The zero-order valence-electron chi connectivity index (χ0n) is 6.56. The maximum Gasteiger partial charge on any atom is 0.119 e. The molecule has 1 fully saturated rings. The van der Waals surface area contributed by atoms with E-state index < -0.39 is 0 Å². The van der Waals surface area contributed by atoms with Gasteiger partial charge in [-0.2, -0.15) is 0 Å². The largest absolute Gasteiger partial charge is 0.508 e. The van der Waals surface area contributed by atoms with Gasteiger partial charge in [0, 0.05) is 11.5 Å². The average Bonchev–Trinajstić information content (AvgIpc) is 2.57. The number of hydrogen-bond donors (Lipinski definition) is 1. The standard InChI is InChI=1S/C9H10O3/c10-9-4-2-1-3-8(9)7-5-11-12-6-7/h1-4,7,10H,5-6H2. The SMILES string of the molecule is Oc1ccccc1C1COOC1. The van der Waals surface area contributed by atoms with Gasteiger partial charge in [0.1, 0.15) is 5.75 Å². The molecule has 0 atom stereocenters. The molecule has 1 aromatic carbocycles. The van der Waals surface area contributed by atoms with E-state index in [0.717, 1.165) is 5.56 Å². The van der Waals surface area contributed by atoms with Gasteiger partial charge in [-0.05, 0) is 6.07 Å². The summed E-state index contributed by atoms with van der Waals surface area (Å²) in [6.45, 7) is 1.05. The third-order valence-corrected chi connectivity index (χ3v) is 2.00. The highest BCUT2D eigenvalue weighted by Crippen LogP contribution is 2.28. The molecule has 0 aliphatic carbocycles. The van der Waals surface area contributed by atoms with Crippen molar-refractivity contribution in [1.29, 1.82) is 0 Å². The van der Waals surface area contributed by atoms with Crippen LogP contribution in [0.1, 0.15) is 11.5 Å². The Bertz CT molecular complexity index is 266. The molecule has 0 spiro atoms. The molecule has 3 nitrogen and oxygen atoms in total. The summed E-state index contributed by atoms with van der Waals surface area (Å²) in [7, 11) is 0. The van der Waals surface area contributed by atoms with Crippen LogP contribution in [0.2, 0.25) is 0 Å². The molecule has 12 heavy (non-hydrogen) atoms. The second-order valence-electron chi connectivity index (χ2n) is 2.82. The van der Waals surface area contributed by atoms with E-state index in [0.29, 0.717) is 19.0 Å². The van der Waals surface area contributed by atoms with Crippen molar-refractivity contribution in [2.75, 3.05) is 13.2 Å². The fourth-order valence-corrected chi connectivity index (χ4v) is 1.32. The lowest BCUT2D eigenvalue weighted by atomic mass is 10.0. The molecule has 0 bridgehead atoms. The molecule has 0 unspecified atom stereocenters. The zero-order valence-corrected chi connectivity index (χ0v) is 6.56. The van der Waals surface area contributed by atoms with E-state index in [2.05, 4.69) is 0 Å². The van der Waals surface area contributed by atoms with Crippen LogP contribution in [-0.4, -0.2) is 18.3 Å². The molecule has 0 amide bonds. The van der Waals surface area contributed by atoms with E-state index >= 15 is 0 Å². The predicted molar refractivity (Wildman–Crippen MR) is 42.8 cm³/mol. The van der Waals surface area contributed by atoms with Crippen molar-refractivity contribution < 1.29 is 14.9 Å². The molecule has 1 aliphatic rings. The molecular weight excluding hydrogens is 156 g/mol. The third-order valence-electron chi connectivity index (χ3n) is 2.00. The Balaban J connectivity index is 2.26. The predicted octanol–water partition coefficient (Wildman–Crippen LogP) is 1.44. The van der Waals surface area contributed by atoms with E-state index in [4.69, 9.17) is 9.78 Å². The van der Waals surface area contributed by atoms with Gasteiger partial charge in [0.2, 0.25) is 0 Å². The Kier molecular flexibility index (Phi) is 1.98. The van der Waals surface area contributed by atoms with E-state index in [-0.39, 0.29) is 5.92 Å². The highest BCUT2D eigenvalue weighted by atomic mass is 17.2. The van der Waals surface area contributed by atoms with Crippen molar-refractivity contribution in [1.82, 2.24) is 0 Å². The maximum atomic E-state index is 9.46. The fraction of sp³-hybridized carbons (Fsp3) is 0.333. The Morgan fingerprint density at radius 2 is 1.83 bits per heavy atom. The highest BCUT2D eigenvalue weighted by Gasteiger charge is 2.21. The minimum absolute atomic E-state index is 0.172. The fourth-order valence-electron chi connectivity index (χ4n) is 1.32. The van der Waals surface area contributed by atoms with Crippen molar-refractivity contribution >= 4 is 0 Å². The van der Waals surface area contributed by atoms with E-state index in [1.165, 1.54) is 0 Å². The molecule has 1 N–H and O–H groups in total. The summed E-state index contributed by atoms with van der Waals surface area (Å²) in [5, 5.41) is 9.46. The summed E-state index contributed by atoms with van der Waals surface area (Å²) >= 11 is 0. The van der Waals surface area contributed by atoms with Gasteiger partial charge in [0.25, 0.3) is 0 Å².